The molecule has 0 heterocycles. The third kappa shape index (κ3) is 3.61. The van der Waals surface area contributed by atoms with Crippen LogP contribution in [0.1, 0.15) is 44.2 Å². The molecule has 0 radical (unpaired) electrons. The van der Waals surface area contributed by atoms with Gasteiger partial charge in [0.25, 0.3) is 0 Å². The van der Waals surface area contributed by atoms with Crippen LogP contribution < -0.4 is 5.32 Å². The topological polar surface area (TPSA) is 12.0 Å². The lowest BCUT2D eigenvalue weighted by Gasteiger charge is -2.18. The Morgan fingerprint density at radius 2 is 2.00 bits per heavy atom. The average molecular weight is 272 g/mol. The summed E-state index contributed by atoms with van der Waals surface area (Å²) in [6.45, 7) is 3.23. The number of halogens is 2. The van der Waals surface area contributed by atoms with Gasteiger partial charge in [-0.3, -0.25) is 0 Å². The molecule has 0 aromatic heterocycles. The first-order chi connectivity index (χ1) is 8.16. The normalized spacial score (nSPS) is 18.5. The van der Waals surface area contributed by atoms with Crippen molar-refractivity contribution in [1.82, 2.24) is 5.32 Å². The Kier molecular flexibility index (Phi) is 4.72. The van der Waals surface area contributed by atoms with Gasteiger partial charge in [0.15, 0.2) is 0 Å². The number of rotatable bonds is 4. The predicted molar refractivity (Wildman–Crippen MR) is 74.8 cm³/mol. The maximum absolute atomic E-state index is 6.19. The van der Waals surface area contributed by atoms with Crippen LogP contribution in [0.15, 0.2) is 18.2 Å². The lowest BCUT2D eigenvalue weighted by Crippen LogP contribution is -2.24. The zero-order chi connectivity index (χ0) is 12.3. The maximum Gasteiger partial charge on any atom is 0.0454 e. The van der Waals surface area contributed by atoms with Crippen molar-refractivity contribution in [2.24, 2.45) is 5.92 Å². The molecule has 1 aromatic carbocycles. The first kappa shape index (κ1) is 13.2. The molecule has 1 aliphatic rings. The molecule has 0 aliphatic heterocycles. The summed E-state index contributed by atoms with van der Waals surface area (Å²) in [6.07, 6.45) is 5.50. The van der Waals surface area contributed by atoms with E-state index in [2.05, 4.69) is 12.2 Å². The zero-order valence-corrected chi connectivity index (χ0v) is 11.7. The lowest BCUT2D eigenvalue weighted by atomic mass is 10.1. The van der Waals surface area contributed by atoms with E-state index < -0.39 is 0 Å². The smallest absolute Gasteiger partial charge is 0.0454 e. The zero-order valence-electron chi connectivity index (χ0n) is 10.2. The molecule has 1 atom stereocenters. The SMILES string of the molecule is CC(NCC1CCCC1)c1cc(Cl)ccc1Cl. The van der Waals surface area contributed by atoms with Gasteiger partial charge in [0, 0.05) is 16.1 Å². The molecule has 0 amide bonds. The van der Waals surface area contributed by atoms with Crippen molar-refractivity contribution in [3.8, 4) is 0 Å². The molecule has 1 N–H and O–H groups in total. The molecule has 1 aromatic rings. The Hall–Kier alpha value is -0.240. The van der Waals surface area contributed by atoms with Crippen molar-refractivity contribution >= 4 is 23.2 Å². The molecular weight excluding hydrogens is 253 g/mol. The summed E-state index contributed by atoms with van der Waals surface area (Å²) in [5.41, 5.74) is 1.09. The Labute approximate surface area is 114 Å². The van der Waals surface area contributed by atoms with E-state index in [9.17, 15) is 0 Å². The fourth-order valence-corrected chi connectivity index (χ4v) is 2.98. The van der Waals surface area contributed by atoms with Crippen LogP contribution in [-0.4, -0.2) is 6.54 Å². The molecule has 94 valence electrons. The van der Waals surface area contributed by atoms with Crippen LogP contribution in [0.25, 0.3) is 0 Å². The quantitative estimate of drug-likeness (QED) is 0.827. The molecule has 0 saturated heterocycles. The van der Waals surface area contributed by atoms with Crippen molar-refractivity contribution in [1.29, 1.82) is 0 Å². The van der Waals surface area contributed by atoms with Gasteiger partial charge < -0.3 is 5.32 Å². The van der Waals surface area contributed by atoms with Gasteiger partial charge in [-0.05, 0) is 56.0 Å². The Morgan fingerprint density at radius 1 is 1.29 bits per heavy atom. The average Bonchev–Trinajstić information content (AvgIpc) is 2.82. The minimum absolute atomic E-state index is 0.266. The van der Waals surface area contributed by atoms with Gasteiger partial charge in [-0.2, -0.15) is 0 Å². The maximum atomic E-state index is 6.19. The molecule has 1 saturated carbocycles. The van der Waals surface area contributed by atoms with Crippen molar-refractivity contribution in [2.75, 3.05) is 6.54 Å². The van der Waals surface area contributed by atoms with Gasteiger partial charge >= 0.3 is 0 Å². The first-order valence-corrected chi connectivity index (χ1v) is 7.10. The van der Waals surface area contributed by atoms with Crippen LogP contribution in [-0.2, 0) is 0 Å². The second kappa shape index (κ2) is 6.08. The minimum Gasteiger partial charge on any atom is -0.310 e. The predicted octanol–water partition coefficient (Wildman–Crippen LogP) is 4.83. The van der Waals surface area contributed by atoms with Crippen LogP contribution in [0, 0.1) is 5.92 Å². The summed E-state index contributed by atoms with van der Waals surface area (Å²) in [4.78, 5) is 0. The molecule has 2 rings (SSSR count). The summed E-state index contributed by atoms with van der Waals surface area (Å²) < 4.78 is 0. The van der Waals surface area contributed by atoms with Crippen LogP contribution >= 0.6 is 23.2 Å². The number of hydrogen-bond acceptors (Lipinski definition) is 1. The van der Waals surface area contributed by atoms with E-state index >= 15 is 0 Å². The van der Waals surface area contributed by atoms with Crippen molar-refractivity contribution in [2.45, 2.75) is 38.6 Å². The molecule has 1 unspecified atom stereocenters. The number of hydrogen-bond donors (Lipinski definition) is 1. The molecule has 3 heteroatoms. The van der Waals surface area contributed by atoms with Crippen LogP contribution in [0.4, 0.5) is 0 Å². The Bertz CT molecular complexity index is 372. The second-order valence-electron chi connectivity index (χ2n) is 4.95. The van der Waals surface area contributed by atoms with Gasteiger partial charge in [0.05, 0.1) is 0 Å². The highest BCUT2D eigenvalue weighted by atomic mass is 35.5. The van der Waals surface area contributed by atoms with Gasteiger partial charge in [0.2, 0.25) is 0 Å². The van der Waals surface area contributed by atoms with Gasteiger partial charge in [-0.25, -0.2) is 0 Å². The van der Waals surface area contributed by atoms with Gasteiger partial charge in [-0.1, -0.05) is 36.0 Å². The third-order valence-corrected chi connectivity index (χ3v) is 4.19. The standard InChI is InChI=1S/C14H19Cl2N/c1-10(17-9-11-4-2-3-5-11)13-8-12(15)6-7-14(13)16/h6-8,10-11,17H,2-5,9H2,1H3. The van der Waals surface area contributed by atoms with Gasteiger partial charge in [0.1, 0.15) is 0 Å². The molecule has 1 nitrogen and oxygen atoms in total. The van der Waals surface area contributed by atoms with Crippen LogP contribution in [0.5, 0.6) is 0 Å². The highest BCUT2D eigenvalue weighted by Gasteiger charge is 2.16. The second-order valence-corrected chi connectivity index (χ2v) is 5.79. The van der Waals surface area contributed by atoms with E-state index in [0.717, 1.165) is 28.1 Å². The molecule has 1 aliphatic carbocycles. The van der Waals surface area contributed by atoms with E-state index in [-0.39, 0.29) is 6.04 Å². The fraction of sp³-hybridized carbons (Fsp3) is 0.571. The Balaban J connectivity index is 1.93. The molecule has 1 fully saturated rings. The van der Waals surface area contributed by atoms with Crippen molar-refractivity contribution in [3.63, 3.8) is 0 Å². The molecular formula is C14H19Cl2N. The van der Waals surface area contributed by atoms with E-state index in [1.807, 2.05) is 18.2 Å². The molecule has 0 bridgehead atoms. The highest BCUT2D eigenvalue weighted by Crippen LogP contribution is 2.28. The van der Waals surface area contributed by atoms with E-state index in [1.165, 1.54) is 25.7 Å². The minimum atomic E-state index is 0.266. The van der Waals surface area contributed by atoms with Gasteiger partial charge in [-0.15, -0.1) is 0 Å². The van der Waals surface area contributed by atoms with Crippen molar-refractivity contribution in [3.05, 3.63) is 33.8 Å². The van der Waals surface area contributed by atoms with Crippen molar-refractivity contribution < 1.29 is 0 Å². The number of benzene rings is 1. The first-order valence-electron chi connectivity index (χ1n) is 6.35. The van der Waals surface area contributed by atoms with Crippen LogP contribution in [0.3, 0.4) is 0 Å². The summed E-state index contributed by atoms with van der Waals surface area (Å²) in [7, 11) is 0. The molecule has 17 heavy (non-hydrogen) atoms. The van der Waals surface area contributed by atoms with E-state index in [1.54, 1.807) is 0 Å². The fourth-order valence-electron chi connectivity index (χ4n) is 2.51. The summed E-state index contributed by atoms with van der Waals surface area (Å²) >= 11 is 12.2. The summed E-state index contributed by atoms with van der Waals surface area (Å²) in [6, 6.07) is 5.92. The van der Waals surface area contributed by atoms with E-state index in [4.69, 9.17) is 23.2 Å². The summed E-state index contributed by atoms with van der Waals surface area (Å²) in [5.74, 6) is 0.843. The Morgan fingerprint density at radius 3 is 2.71 bits per heavy atom. The highest BCUT2D eigenvalue weighted by molar-refractivity contribution is 6.33. The summed E-state index contributed by atoms with van der Waals surface area (Å²) in [5, 5.41) is 5.11. The lowest BCUT2D eigenvalue weighted by molar-refractivity contribution is 0.452. The number of nitrogens with one attached hydrogen (secondary N) is 1. The molecule has 0 spiro atoms. The van der Waals surface area contributed by atoms with Crippen LogP contribution in [0.2, 0.25) is 10.0 Å². The largest absolute Gasteiger partial charge is 0.310 e. The third-order valence-electron chi connectivity index (χ3n) is 3.61. The monoisotopic (exact) mass is 271 g/mol. The van der Waals surface area contributed by atoms with E-state index in [0.29, 0.717) is 0 Å².